The smallest absolute Gasteiger partial charge is 0.223 e. The number of carbonyl (C=O) groups is 1. The third-order valence-corrected chi connectivity index (χ3v) is 3.26. The highest BCUT2D eigenvalue weighted by molar-refractivity contribution is 5.76. The van der Waals surface area contributed by atoms with Gasteiger partial charge in [-0.05, 0) is 24.0 Å². The predicted octanol–water partition coefficient (Wildman–Crippen LogP) is 2.45. The van der Waals surface area contributed by atoms with Gasteiger partial charge in [0.15, 0.2) is 0 Å². The largest absolute Gasteiger partial charge is 0.491 e. The molecule has 1 rings (SSSR count). The molecule has 4 nitrogen and oxygen atoms in total. The van der Waals surface area contributed by atoms with Crippen LogP contribution in [0.1, 0.15) is 27.2 Å². The molecule has 0 saturated carbocycles. The van der Waals surface area contributed by atoms with Crippen molar-refractivity contribution < 1.29 is 9.53 Å². The molecule has 1 aromatic carbocycles. The second-order valence-electron chi connectivity index (χ2n) is 5.16. The van der Waals surface area contributed by atoms with Crippen molar-refractivity contribution in [2.75, 3.05) is 18.9 Å². The van der Waals surface area contributed by atoms with E-state index >= 15 is 0 Å². The van der Waals surface area contributed by atoms with Crippen molar-refractivity contribution in [3.05, 3.63) is 24.3 Å². The van der Waals surface area contributed by atoms with Gasteiger partial charge < -0.3 is 15.8 Å². The number of rotatable bonds is 7. The zero-order valence-electron chi connectivity index (χ0n) is 12.0. The van der Waals surface area contributed by atoms with Crippen LogP contribution in [0.3, 0.4) is 0 Å². The first-order valence-electron chi connectivity index (χ1n) is 6.74. The van der Waals surface area contributed by atoms with Gasteiger partial charge in [0, 0.05) is 6.54 Å². The first-order chi connectivity index (χ1) is 9.00. The maximum Gasteiger partial charge on any atom is 0.223 e. The van der Waals surface area contributed by atoms with Gasteiger partial charge in [0.1, 0.15) is 5.75 Å². The van der Waals surface area contributed by atoms with Gasteiger partial charge in [0.25, 0.3) is 0 Å². The summed E-state index contributed by atoms with van der Waals surface area (Å²) in [6.07, 6.45) is 0.346. The predicted molar refractivity (Wildman–Crippen MR) is 78.0 cm³/mol. The number of amides is 1. The number of nitrogens with one attached hydrogen (secondary N) is 1. The van der Waals surface area contributed by atoms with Crippen LogP contribution in [0.5, 0.6) is 5.75 Å². The monoisotopic (exact) mass is 264 g/mol. The van der Waals surface area contributed by atoms with Gasteiger partial charge in [-0.25, -0.2) is 0 Å². The summed E-state index contributed by atoms with van der Waals surface area (Å²) in [4.78, 5) is 11.6. The number of anilines is 1. The molecule has 0 saturated heterocycles. The maximum absolute atomic E-state index is 11.6. The van der Waals surface area contributed by atoms with Crippen molar-refractivity contribution in [2.45, 2.75) is 27.2 Å². The van der Waals surface area contributed by atoms with Crippen molar-refractivity contribution in [2.24, 2.45) is 11.8 Å². The van der Waals surface area contributed by atoms with Crippen LogP contribution in [0.25, 0.3) is 0 Å². The molecule has 0 radical (unpaired) electrons. The molecule has 3 N–H and O–H groups in total. The van der Waals surface area contributed by atoms with Crippen LogP contribution in [0.2, 0.25) is 0 Å². The van der Waals surface area contributed by atoms with E-state index < -0.39 is 0 Å². The van der Waals surface area contributed by atoms with Gasteiger partial charge >= 0.3 is 0 Å². The zero-order valence-corrected chi connectivity index (χ0v) is 12.0. The average Bonchev–Trinajstić information content (AvgIpc) is 2.38. The molecular weight excluding hydrogens is 240 g/mol. The molecule has 0 aliphatic heterocycles. The summed E-state index contributed by atoms with van der Waals surface area (Å²) >= 11 is 0. The lowest BCUT2D eigenvalue weighted by Gasteiger charge is -2.16. The minimum atomic E-state index is 0.0157. The minimum Gasteiger partial charge on any atom is -0.491 e. The van der Waals surface area contributed by atoms with Gasteiger partial charge in [-0.15, -0.1) is 0 Å². The summed E-state index contributed by atoms with van der Waals surface area (Å²) in [6, 6.07) is 7.28. The first kappa shape index (κ1) is 15.3. The minimum absolute atomic E-state index is 0.0157. The Labute approximate surface area is 115 Å². The fraction of sp³-hybridized carbons (Fsp3) is 0.533. The third kappa shape index (κ3) is 5.64. The fourth-order valence-electron chi connectivity index (χ4n) is 1.46. The number of hydrogen-bond donors (Lipinski definition) is 2. The average molecular weight is 264 g/mol. The second kappa shape index (κ2) is 7.67. The van der Waals surface area contributed by atoms with E-state index in [9.17, 15) is 4.79 Å². The fourth-order valence-corrected chi connectivity index (χ4v) is 1.46. The van der Waals surface area contributed by atoms with Crippen molar-refractivity contribution in [3.63, 3.8) is 0 Å². The first-order valence-corrected chi connectivity index (χ1v) is 6.74. The van der Waals surface area contributed by atoms with E-state index in [2.05, 4.69) is 26.1 Å². The van der Waals surface area contributed by atoms with E-state index in [1.165, 1.54) is 0 Å². The van der Waals surface area contributed by atoms with Crippen molar-refractivity contribution in [1.29, 1.82) is 0 Å². The highest BCUT2D eigenvalue weighted by Crippen LogP contribution is 2.19. The standard InChI is InChI=1S/C15H24N2O2/c1-11(2)12(3)10-17-15(18)8-9-19-14-7-5-4-6-13(14)16/h4-7,11-12H,8-10,16H2,1-3H3,(H,17,18). The number of hydrogen-bond acceptors (Lipinski definition) is 3. The Morgan fingerprint density at radius 1 is 1.32 bits per heavy atom. The van der Waals surface area contributed by atoms with Crippen molar-refractivity contribution in [1.82, 2.24) is 5.32 Å². The molecule has 4 heteroatoms. The lowest BCUT2D eigenvalue weighted by atomic mass is 9.98. The van der Waals surface area contributed by atoms with Crippen LogP contribution < -0.4 is 15.8 Å². The van der Waals surface area contributed by atoms with E-state index in [4.69, 9.17) is 10.5 Å². The van der Waals surface area contributed by atoms with Crippen LogP contribution in [0, 0.1) is 11.8 Å². The number of para-hydroxylation sites is 2. The zero-order chi connectivity index (χ0) is 14.3. The molecule has 0 aliphatic rings. The Bertz CT molecular complexity index is 405. The summed E-state index contributed by atoms with van der Waals surface area (Å²) in [5.41, 5.74) is 6.34. The molecule has 106 valence electrons. The Kier molecular flexibility index (Phi) is 6.19. The van der Waals surface area contributed by atoms with Crippen LogP contribution in [-0.2, 0) is 4.79 Å². The topological polar surface area (TPSA) is 64.3 Å². The molecule has 1 unspecified atom stereocenters. The highest BCUT2D eigenvalue weighted by atomic mass is 16.5. The van der Waals surface area contributed by atoms with Gasteiger partial charge in [0.2, 0.25) is 5.91 Å². The number of nitrogens with two attached hydrogens (primary N) is 1. The number of nitrogen functional groups attached to an aromatic ring is 1. The van der Waals surface area contributed by atoms with E-state index in [1.807, 2.05) is 12.1 Å². The maximum atomic E-state index is 11.6. The highest BCUT2D eigenvalue weighted by Gasteiger charge is 2.09. The molecular formula is C15H24N2O2. The van der Waals surface area contributed by atoms with Gasteiger partial charge in [-0.3, -0.25) is 4.79 Å². The van der Waals surface area contributed by atoms with Crippen LogP contribution >= 0.6 is 0 Å². The Hall–Kier alpha value is -1.71. The molecule has 0 aliphatic carbocycles. The van der Waals surface area contributed by atoms with Crippen molar-refractivity contribution >= 4 is 11.6 Å². The molecule has 0 aromatic heterocycles. The molecule has 0 bridgehead atoms. The lowest BCUT2D eigenvalue weighted by molar-refractivity contribution is -0.121. The molecule has 19 heavy (non-hydrogen) atoms. The SMILES string of the molecule is CC(C)C(C)CNC(=O)CCOc1ccccc1N. The molecule has 1 aromatic rings. The number of carbonyl (C=O) groups excluding carboxylic acids is 1. The van der Waals surface area contributed by atoms with Crippen LogP contribution in [0.4, 0.5) is 5.69 Å². The van der Waals surface area contributed by atoms with Crippen molar-refractivity contribution in [3.8, 4) is 5.75 Å². The van der Waals surface area contributed by atoms with Gasteiger partial charge in [0.05, 0.1) is 18.7 Å². The van der Waals surface area contributed by atoms with Gasteiger partial charge in [-0.2, -0.15) is 0 Å². The van der Waals surface area contributed by atoms with E-state index in [-0.39, 0.29) is 5.91 Å². The van der Waals surface area contributed by atoms with Crippen LogP contribution in [-0.4, -0.2) is 19.1 Å². The summed E-state index contributed by atoms with van der Waals surface area (Å²) in [5, 5.41) is 2.91. The van der Waals surface area contributed by atoms with E-state index in [1.54, 1.807) is 12.1 Å². The summed E-state index contributed by atoms with van der Waals surface area (Å²) in [7, 11) is 0. The number of ether oxygens (including phenoxy) is 1. The summed E-state index contributed by atoms with van der Waals surface area (Å²) in [5.74, 6) is 1.70. The molecule has 0 spiro atoms. The Balaban J connectivity index is 2.23. The molecule has 1 atom stereocenters. The lowest BCUT2D eigenvalue weighted by Crippen LogP contribution is -2.31. The third-order valence-electron chi connectivity index (χ3n) is 3.26. The van der Waals surface area contributed by atoms with Crippen LogP contribution in [0.15, 0.2) is 24.3 Å². The Morgan fingerprint density at radius 2 is 2.00 bits per heavy atom. The van der Waals surface area contributed by atoms with E-state index in [0.717, 1.165) is 0 Å². The summed E-state index contributed by atoms with van der Waals surface area (Å²) < 4.78 is 5.48. The van der Waals surface area contributed by atoms with Gasteiger partial charge in [-0.1, -0.05) is 32.9 Å². The quantitative estimate of drug-likeness (QED) is 0.743. The summed E-state index contributed by atoms with van der Waals surface area (Å²) in [6.45, 7) is 7.49. The molecule has 0 heterocycles. The Morgan fingerprint density at radius 3 is 2.63 bits per heavy atom. The van der Waals surface area contributed by atoms with E-state index in [0.29, 0.717) is 42.8 Å². The second-order valence-corrected chi connectivity index (χ2v) is 5.16. The molecule has 1 amide bonds. The number of benzene rings is 1. The normalized spacial score (nSPS) is 12.2. The molecule has 0 fully saturated rings.